The topological polar surface area (TPSA) is 66.8 Å². The van der Waals surface area contributed by atoms with E-state index in [1.54, 1.807) is 0 Å². The van der Waals surface area contributed by atoms with Gasteiger partial charge in [0, 0.05) is 26.4 Å². The van der Waals surface area contributed by atoms with Gasteiger partial charge in [0.1, 0.15) is 18.1 Å². The molecule has 0 radical (unpaired) electrons. The van der Waals surface area contributed by atoms with Crippen LogP contribution in [0.4, 0.5) is 4.79 Å². The van der Waals surface area contributed by atoms with E-state index in [9.17, 15) is 9.59 Å². The molecule has 0 spiro atoms. The second-order valence-electron chi connectivity index (χ2n) is 5.53. The zero-order valence-electron chi connectivity index (χ0n) is 13.6. The molecule has 2 aromatic carbocycles. The van der Waals surface area contributed by atoms with Crippen LogP contribution in [0.5, 0.6) is 5.75 Å². The summed E-state index contributed by atoms with van der Waals surface area (Å²) in [5.74, 6) is 0.668. The van der Waals surface area contributed by atoms with Crippen molar-refractivity contribution in [2.45, 2.75) is 18.9 Å². The summed E-state index contributed by atoms with van der Waals surface area (Å²) in [5, 5.41) is 9.00. The molecule has 0 aliphatic rings. The first-order chi connectivity index (χ1) is 11.6. The van der Waals surface area contributed by atoms with Crippen molar-refractivity contribution in [1.82, 2.24) is 4.90 Å². The van der Waals surface area contributed by atoms with Crippen LogP contribution in [0.1, 0.15) is 23.7 Å². The predicted octanol–water partition coefficient (Wildman–Crippen LogP) is 3.55. The van der Waals surface area contributed by atoms with E-state index in [1.165, 1.54) is 11.9 Å². The van der Waals surface area contributed by atoms with Crippen molar-refractivity contribution in [3.05, 3.63) is 65.7 Å². The number of rotatable bonds is 8. The lowest BCUT2D eigenvalue weighted by molar-refractivity contribution is -0.107. The third kappa shape index (κ3) is 5.12. The van der Waals surface area contributed by atoms with Gasteiger partial charge >= 0.3 is 6.09 Å². The fraction of sp³-hybridized carbons (Fsp3) is 0.263. The van der Waals surface area contributed by atoms with Gasteiger partial charge in [0.25, 0.3) is 0 Å². The third-order valence-electron chi connectivity index (χ3n) is 3.72. The molecule has 0 saturated heterocycles. The summed E-state index contributed by atoms with van der Waals surface area (Å²) in [6.45, 7) is 0.364. The lowest BCUT2D eigenvalue weighted by Gasteiger charge is -2.22. The molecule has 0 bridgehead atoms. The summed E-state index contributed by atoms with van der Waals surface area (Å²) in [4.78, 5) is 22.9. The fourth-order valence-electron chi connectivity index (χ4n) is 2.37. The van der Waals surface area contributed by atoms with Gasteiger partial charge in [-0.15, -0.1) is 0 Å². The molecular weight excluding hydrogens is 306 g/mol. The van der Waals surface area contributed by atoms with Gasteiger partial charge in [-0.25, -0.2) is 4.79 Å². The lowest BCUT2D eigenvalue weighted by atomic mass is 10.1. The Bertz CT molecular complexity index is 672. The molecule has 1 N–H and O–H groups in total. The molecule has 0 aliphatic carbocycles. The van der Waals surface area contributed by atoms with Crippen molar-refractivity contribution in [3.8, 4) is 5.75 Å². The van der Waals surface area contributed by atoms with E-state index >= 15 is 0 Å². The number of carboxylic acid groups (broad SMARTS) is 1. The van der Waals surface area contributed by atoms with E-state index in [1.807, 2.05) is 54.6 Å². The van der Waals surface area contributed by atoms with Crippen molar-refractivity contribution in [2.24, 2.45) is 0 Å². The predicted molar refractivity (Wildman–Crippen MR) is 91.3 cm³/mol. The maximum Gasteiger partial charge on any atom is 0.407 e. The first kappa shape index (κ1) is 17.5. The molecule has 0 fully saturated rings. The lowest BCUT2D eigenvalue weighted by Crippen LogP contribution is -2.27. The highest BCUT2D eigenvalue weighted by Crippen LogP contribution is 2.25. The number of nitrogens with zero attached hydrogens (tertiary/aromatic N) is 1. The van der Waals surface area contributed by atoms with Crippen molar-refractivity contribution < 1.29 is 19.4 Å². The highest BCUT2D eigenvalue weighted by Gasteiger charge is 2.16. The SMILES string of the molecule is CN(CC[C@@H](Oc1cccc(CC=O)c1)c1ccccc1)C(=O)O. The van der Waals surface area contributed by atoms with Crippen LogP contribution in [-0.2, 0) is 11.2 Å². The van der Waals surface area contributed by atoms with Gasteiger partial charge < -0.3 is 19.5 Å². The number of aldehydes is 1. The highest BCUT2D eigenvalue weighted by molar-refractivity contribution is 5.64. The van der Waals surface area contributed by atoms with Crippen molar-refractivity contribution in [3.63, 3.8) is 0 Å². The number of benzene rings is 2. The fourth-order valence-corrected chi connectivity index (χ4v) is 2.37. The normalized spacial score (nSPS) is 11.5. The molecule has 1 atom stereocenters. The minimum Gasteiger partial charge on any atom is -0.486 e. The number of hydrogen-bond acceptors (Lipinski definition) is 3. The quantitative estimate of drug-likeness (QED) is 0.753. The van der Waals surface area contributed by atoms with E-state index in [-0.39, 0.29) is 6.10 Å². The van der Waals surface area contributed by atoms with E-state index in [2.05, 4.69) is 0 Å². The van der Waals surface area contributed by atoms with Crippen LogP contribution >= 0.6 is 0 Å². The second kappa shape index (κ2) is 8.72. The summed E-state index contributed by atoms with van der Waals surface area (Å²) < 4.78 is 6.08. The monoisotopic (exact) mass is 327 g/mol. The minimum atomic E-state index is -0.963. The maximum absolute atomic E-state index is 11.0. The molecule has 1 amide bonds. The van der Waals surface area contributed by atoms with Crippen LogP contribution in [0.2, 0.25) is 0 Å². The Labute approximate surface area is 141 Å². The number of amides is 1. The molecule has 0 unspecified atom stereocenters. The van der Waals surface area contributed by atoms with Crippen LogP contribution in [0.3, 0.4) is 0 Å². The van der Waals surface area contributed by atoms with E-state index < -0.39 is 6.09 Å². The smallest absolute Gasteiger partial charge is 0.407 e. The van der Waals surface area contributed by atoms with Gasteiger partial charge in [0.05, 0.1) is 0 Å². The van der Waals surface area contributed by atoms with Gasteiger partial charge in [-0.05, 0) is 23.3 Å². The summed E-state index contributed by atoms with van der Waals surface area (Å²) in [6, 6.07) is 17.1. The molecule has 0 aromatic heterocycles. The molecule has 126 valence electrons. The molecule has 5 nitrogen and oxygen atoms in total. The van der Waals surface area contributed by atoms with Crippen LogP contribution < -0.4 is 4.74 Å². The van der Waals surface area contributed by atoms with Crippen LogP contribution in [0.15, 0.2) is 54.6 Å². The Kier molecular flexibility index (Phi) is 6.37. The van der Waals surface area contributed by atoms with Gasteiger partial charge in [0.2, 0.25) is 0 Å². The average Bonchev–Trinajstić information content (AvgIpc) is 2.59. The molecular formula is C19H21NO4. The van der Waals surface area contributed by atoms with Gasteiger partial charge in [0.15, 0.2) is 0 Å². The second-order valence-corrected chi connectivity index (χ2v) is 5.53. The Morgan fingerprint density at radius 1 is 1.21 bits per heavy atom. The van der Waals surface area contributed by atoms with Crippen LogP contribution in [0, 0.1) is 0 Å². The van der Waals surface area contributed by atoms with Crippen molar-refractivity contribution in [2.75, 3.05) is 13.6 Å². The van der Waals surface area contributed by atoms with E-state index in [0.717, 1.165) is 17.4 Å². The maximum atomic E-state index is 11.0. The number of hydrogen-bond donors (Lipinski definition) is 1. The summed E-state index contributed by atoms with van der Waals surface area (Å²) in [7, 11) is 1.54. The molecule has 0 saturated carbocycles. The van der Waals surface area contributed by atoms with E-state index in [0.29, 0.717) is 25.1 Å². The Morgan fingerprint density at radius 3 is 2.62 bits per heavy atom. The summed E-state index contributed by atoms with van der Waals surface area (Å²) >= 11 is 0. The molecule has 2 rings (SSSR count). The number of ether oxygens (including phenoxy) is 1. The van der Waals surface area contributed by atoms with Crippen LogP contribution in [0.25, 0.3) is 0 Å². The number of carbonyl (C=O) groups is 2. The minimum absolute atomic E-state index is 0.264. The summed E-state index contributed by atoms with van der Waals surface area (Å²) in [5.41, 5.74) is 1.87. The molecule has 2 aromatic rings. The van der Waals surface area contributed by atoms with Gasteiger partial charge in [-0.3, -0.25) is 0 Å². The average molecular weight is 327 g/mol. The first-order valence-corrected chi connectivity index (χ1v) is 7.78. The standard InChI is InChI=1S/C19H21NO4/c1-20(19(22)23)12-10-18(16-7-3-2-4-8-16)24-17-9-5-6-15(14-17)11-13-21/h2-9,13-14,18H,10-12H2,1H3,(H,22,23)/t18-/m1/s1. The zero-order valence-corrected chi connectivity index (χ0v) is 13.6. The summed E-state index contributed by atoms with van der Waals surface area (Å²) in [6.07, 6.45) is 0.504. The zero-order chi connectivity index (χ0) is 17.4. The van der Waals surface area contributed by atoms with Crippen molar-refractivity contribution in [1.29, 1.82) is 0 Å². The third-order valence-corrected chi connectivity index (χ3v) is 3.72. The molecule has 24 heavy (non-hydrogen) atoms. The Morgan fingerprint density at radius 2 is 1.96 bits per heavy atom. The highest BCUT2D eigenvalue weighted by atomic mass is 16.5. The molecule has 0 aliphatic heterocycles. The van der Waals surface area contributed by atoms with Gasteiger partial charge in [-0.2, -0.15) is 0 Å². The first-order valence-electron chi connectivity index (χ1n) is 7.78. The van der Waals surface area contributed by atoms with Crippen LogP contribution in [-0.4, -0.2) is 36.0 Å². The molecule has 0 heterocycles. The Balaban J connectivity index is 2.15. The largest absolute Gasteiger partial charge is 0.486 e. The molecule has 5 heteroatoms. The van der Waals surface area contributed by atoms with E-state index in [4.69, 9.17) is 9.84 Å². The van der Waals surface area contributed by atoms with Crippen molar-refractivity contribution >= 4 is 12.4 Å². The number of carbonyl (C=O) groups excluding carboxylic acids is 1. The Hall–Kier alpha value is -2.82. The van der Waals surface area contributed by atoms with Gasteiger partial charge in [-0.1, -0.05) is 42.5 Å².